The Morgan fingerprint density at radius 2 is 1.23 bits per heavy atom. The van der Waals surface area contributed by atoms with Crippen LogP contribution in [-0.2, 0) is 28.7 Å². The lowest BCUT2D eigenvalue weighted by molar-refractivity contribution is -0.990. The zero-order chi connectivity index (χ0) is 31.1. The third-order valence-corrected chi connectivity index (χ3v) is 9.43. The summed E-state index contributed by atoms with van der Waals surface area (Å²) in [4.78, 5) is 71.9. The minimum Gasteiger partial charge on any atom is -0.595 e. The number of anilines is 2. The first-order valence-electron chi connectivity index (χ1n) is 13.7. The highest BCUT2D eigenvalue weighted by atomic mass is 16.8. The van der Waals surface area contributed by atoms with Gasteiger partial charge in [-0.25, -0.2) is 25.0 Å². The van der Waals surface area contributed by atoms with E-state index in [-0.39, 0.29) is 34.9 Å². The van der Waals surface area contributed by atoms with Gasteiger partial charge in [-0.15, -0.1) is 0 Å². The van der Waals surface area contributed by atoms with E-state index >= 15 is 0 Å². The normalized spacial score (nSPS) is 31.0. The van der Waals surface area contributed by atoms with Crippen molar-refractivity contribution in [3.8, 4) is 0 Å². The number of benzene rings is 2. The predicted molar refractivity (Wildman–Crippen MR) is 144 cm³/mol. The van der Waals surface area contributed by atoms with Crippen LogP contribution in [0.4, 0.5) is 22.7 Å². The summed E-state index contributed by atoms with van der Waals surface area (Å²) in [5, 5.41) is 40.9. The lowest BCUT2D eigenvalue weighted by Crippen LogP contribution is -2.99. The van der Waals surface area contributed by atoms with Crippen LogP contribution in [0.1, 0.15) is 20.8 Å². The van der Waals surface area contributed by atoms with Crippen LogP contribution in [0.3, 0.4) is 0 Å². The molecule has 14 heteroatoms. The van der Waals surface area contributed by atoms with Crippen molar-refractivity contribution in [3.05, 3.63) is 70.1 Å². The number of para-hydroxylation sites is 4. The van der Waals surface area contributed by atoms with Crippen molar-refractivity contribution in [2.24, 2.45) is 35.0 Å². The number of nitrogens with one attached hydrogen (secondary N) is 2. The summed E-state index contributed by atoms with van der Waals surface area (Å²) in [7, 11) is 0. The first-order chi connectivity index (χ1) is 20.4. The summed E-state index contributed by atoms with van der Waals surface area (Å²) in [5.74, 6) is -9.95. The Bertz CT molecular complexity index is 1540. The van der Waals surface area contributed by atoms with Crippen LogP contribution < -0.4 is 20.3 Å². The first kappa shape index (κ1) is 28.8. The quantitative estimate of drug-likeness (QED) is 0.200. The van der Waals surface area contributed by atoms with Gasteiger partial charge in [-0.1, -0.05) is 36.8 Å². The van der Waals surface area contributed by atoms with E-state index in [4.69, 9.17) is 4.74 Å². The van der Waals surface area contributed by atoms with Crippen LogP contribution in [0.5, 0.6) is 0 Å². The lowest BCUT2D eigenvalue weighted by Gasteiger charge is -2.55. The SMILES string of the molecule is CCOC(=O)C1=C(C)C2[C@@H]3C(=O)N(c4ccccc4[NH+]([O-])O)C(=O)C3C1(C)[C@@H]1C(=O)N(c3ccccc3[NH+]([O-])O)C(=O)[C@@H]21. The third-order valence-electron chi connectivity index (χ3n) is 9.43. The number of carbonyl (C=O) groups is 5. The maximum absolute atomic E-state index is 14.3. The van der Waals surface area contributed by atoms with Gasteiger partial charge in [-0.2, -0.15) is 10.5 Å². The van der Waals surface area contributed by atoms with Crippen LogP contribution in [0.15, 0.2) is 59.7 Å². The van der Waals surface area contributed by atoms with E-state index in [1.165, 1.54) is 55.5 Å². The number of amides is 4. The monoisotopic (exact) mass is 592 g/mol. The molecule has 0 radical (unpaired) electrons. The smallest absolute Gasteiger partial charge is 0.334 e. The summed E-state index contributed by atoms with van der Waals surface area (Å²) in [5.41, 5.74) is -2.27. The molecule has 0 spiro atoms. The molecule has 224 valence electrons. The molecule has 3 fully saturated rings. The van der Waals surface area contributed by atoms with Gasteiger partial charge < -0.3 is 15.2 Å². The van der Waals surface area contributed by atoms with Crippen LogP contribution in [0.25, 0.3) is 0 Å². The Balaban J connectivity index is 1.56. The van der Waals surface area contributed by atoms with E-state index < -0.39 is 75.1 Å². The van der Waals surface area contributed by atoms with Crippen molar-refractivity contribution < 1.29 is 49.6 Å². The molecule has 5 aliphatic rings. The molecule has 4 N–H and O–H groups in total. The fraction of sp³-hybridized carbons (Fsp3) is 0.345. The van der Waals surface area contributed by atoms with Crippen molar-refractivity contribution in [2.75, 3.05) is 16.4 Å². The van der Waals surface area contributed by atoms with Gasteiger partial charge in [0.1, 0.15) is 11.4 Å². The molecule has 5 unspecified atom stereocenters. The molecule has 2 bridgehead atoms. The van der Waals surface area contributed by atoms with E-state index in [9.17, 15) is 44.8 Å². The highest BCUT2D eigenvalue weighted by Gasteiger charge is 2.77. The van der Waals surface area contributed by atoms with Gasteiger partial charge in [0.25, 0.3) is 0 Å². The standard InChI is InChI=1S/C29H28N4O10/c1-4-43-28(38)21-13(2)18-19-22(26(36)30(24(19)34)14-9-5-7-11-16(14)32(39)40)29(21,3)23-20(18)25(35)31(27(23)37)15-10-6-8-12-17(15)33(41)42/h5-12,18-20,22-23,32-33,39,41H,4H2,1-3H3/t18?,19-,20-,22-,23?,29?/m0/s1. The molecule has 3 aliphatic carbocycles. The first-order valence-corrected chi connectivity index (χ1v) is 13.7. The van der Waals surface area contributed by atoms with Gasteiger partial charge in [0.2, 0.25) is 23.6 Å². The van der Waals surface area contributed by atoms with Crippen molar-refractivity contribution in [1.29, 1.82) is 0 Å². The van der Waals surface area contributed by atoms with Gasteiger partial charge in [0.15, 0.2) is 11.4 Å². The number of esters is 1. The lowest BCUT2D eigenvalue weighted by atomic mass is 9.43. The zero-order valence-electron chi connectivity index (χ0n) is 23.3. The number of carbonyl (C=O) groups excluding carboxylic acids is 5. The predicted octanol–water partition coefficient (Wildman–Crippen LogP) is -0.0659. The molecule has 0 aromatic heterocycles. The second kappa shape index (κ2) is 9.87. The summed E-state index contributed by atoms with van der Waals surface area (Å²) in [6.07, 6.45) is 0. The molecule has 2 aromatic rings. The second-order valence-corrected chi connectivity index (χ2v) is 11.3. The maximum Gasteiger partial charge on any atom is 0.334 e. The summed E-state index contributed by atoms with van der Waals surface area (Å²) in [6, 6.07) is 11.0. The van der Waals surface area contributed by atoms with Gasteiger partial charge in [-0.3, -0.25) is 19.2 Å². The number of ether oxygens (including phenoxy) is 1. The van der Waals surface area contributed by atoms with Crippen LogP contribution in [-0.4, -0.2) is 46.6 Å². The average molecular weight is 593 g/mol. The number of hydrogen-bond donors (Lipinski definition) is 4. The molecule has 7 rings (SSSR count). The molecule has 2 aromatic carbocycles. The largest absolute Gasteiger partial charge is 0.595 e. The van der Waals surface area contributed by atoms with Crippen molar-refractivity contribution in [2.45, 2.75) is 20.8 Å². The van der Waals surface area contributed by atoms with Gasteiger partial charge in [0.05, 0.1) is 30.3 Å². The molecule has 2 saturated heterocycles. The van der Waals surface area contributed by atoms with E-state index in [1.54, 1.807) is 13.8 Å². The van der Waals surface area contributed by atoms with E-state index in [0.29, 0.717) is 5.57 Å². The number of hydrogen-bond acceptors (Lipinski definition) is 10. The van der Waals surface area contributed by atoms with E-state index in [1.807, 2.05) is 0 Å². The minimum atomic E-state index is -1.72. The Morgan fingerprint density at radius 1 is 0.814 bits per heavy atom. The summed E-state index contributed by atoms with van der Waals surface area (Å²) >= 11 is 0. The Labute approximate surface area is 244 Å². The zero-order valence-corrected chi connectivity index (χ0v) is 23.3. The van der Waals surface area contributed by atoms with Crippen LogP contribution in [0, 0.1) is 45.4 Å². The summed E-state index contributed by atoms with van der Waals surface area (Å²) in [6.45, 7) is 4.63. The van der Waals surface area contributed by atoms with Crippen molar-refractivity contribution in [1.82, 2.24) is 0 Å². The average Bonchev–Trinajstić information content (AvgIpc) is 3.39. The van der Waals surface area contributed by atoms with E-state index in [2.05, 4.69) is 0 Å². The fourth-order valence-corrected chi connectivity index (χ4v) is 7.98. The molecule has 4 amide bonds. The molecular formula is C29H28N4O10. The molecular weight excluding hydrogens is 564 g/mol. The van der Waals surface area contributed by atoms with Gasteiger partial charge in [-0.05, 0) is 26.0 Å². The highest BCUT2D eigenvalue weighted by molar-refractivity contribution is 6.28. The molecule has 2 aliphatic heterocycles. The fourth-order valence-electron chi connectivity index (χ4n) is 7.98. The van der Waals surface area contributed by atoms with Crippen molar-refractivity contribution in [3.63, 3.8) is 0 Å². The summed E-state index contributed by atoms with van der Waals surface area (Å²) < 4.78 is 5.34. The number of rotatable bonds is 6. The number of nitrogens with zero attached hydrogens (tertiary/aromatic N) is 2. The molecule has 8 atom stereocenters. The van der Waals surface area contributed by atoms with Crippen LogP contribution >= 0.6 is 0 Å². The molecule has 2 heterocycles. The number of allylic oxidation sites excluding steroid dienone is 1. The molecule has 1 saturated carbocycles. The maximum atomic E-state index is 14.3. The minimum absolute atomic E-state index is 0.0193. The molecule has 43 heavy (non-hydrogen) atoms. The number of quaternary nitrogens is 2. The Morgan fingerprint density at radius 3 is 1.63 bits per heavy atom. The van der Waals surface area contributed by atoms with E-state index in [0.717, 1.165) is 9.80 Å². The van der Waals surface area contributed by atoms with Crippen molar-refractivity contribution >= 4 is 52.3 Å². The second-order valence-electron chi connectivity index (χ2n) is 11.3. The highest BCUT2D eigenvalue weighted by Crippen LogP contribution is 2.69. The Kier molecular flexibility index (Phi) is 6.61. The Hall–Kier alpha value is -4.31. The van der Waals surface area contributed by atoms with Crippen LogP contribution in [0.2, 0.25) is 0 Å². The number of imide groups is 2. The van der Waals surface area contributed by atoms with Gasteiger partial charge >= 0.3 is 5.97 Å². The molecule has 14 nitrogen and oxygen atoms in total. The van der Waals surface area contributed by atoms with Gasteiger partial charge in [0, 0.05) is 29.0 Å². The topological polar surface area (TPSA) is 197 Å². The third kappa shape index (κ3) is 3.65.